The van der Waals surface area contributed by atoms with Gasteiger partial charge in [-0.25, -0.2) is 4.98 Å². The molecule has 6 heteroatoms. The first-order valence-corrected chi connectivity index (χ1v) is 8.80. The van der Waals surface area contributed by atoms with Gasteiger partial charge in [-0.3, -0.25) is 4.98 Å². The molecular weight excluding hydrogens is 361 g/mol. The molecule has 0 unspecified atom stereocenters. The van der Waals surface area contributed by atoms with E-state index in [4.69, 9.17) is 23.2 Å². The van der Waals surface area contributed by atoms with Gasteiger partial charge in [-0.15, -0.1) is 11.8 Å². The molecule has 0 aliphatic carbocycles. The minimum atomic E-state index is 0.544. The van der Waals surface area contributed by atoms with Gasteiger partial charge in [-0.05, 0) is 42.0 Å². The molecule has 0 spiro atoms. The maximum Gasteiger partial charge on any atom is 0.115 e. The lowest BCUT2D eigenvalue weighted by Gasteiger charge is -2.08. The van der Waals surface area contributed by atoms with Crippen molar-refractivity contribution in [2.75, 3.05) is 0 Å². The second kappa shape index (κ2) is 7.67. The fraction of sp³-hybridized carbons (Fsp3) is 0.0556. The highest BCUT2D eigenvalue weighted by atomic mass is 35.5. The molecule has 0 saturated carbocycles. The average molecular weight is 372 g/mol. The number of nitriles is 1. The molecule has 3 rings (SSSR count). The Morgan fingerprint density at radius 2 is 1.83 bits per heavy atom. The summed E-state index contributed by atoms with van der Waals surface area (Å²) < 4.78 is 0. The van der Waals surface area contributed by atoms with Crippen molar-refractivity contribution in [1.82, 2.24) is 9.97 Å². The molecule has 2 heterocycles. The number of halogens is 2. The molecule has 0 aliphatic rings. The first kappa shape index (κ1) is 16.8. The third-order valence-electron chi connectivity index (χ3n) is 3.34. The summed E-state index contributed by atoms with van der Waals surface area (Å²) in [5.41, 5.74) is 3.26. The van der Waals surface area contributed by atoms with Gasteiger partial charge >= 0.3 is 0 Å². The van der Waals surface area contributed by atoms with E-state index in [9.17, 15) is 5.26 Å². The van der Waals surface area contributed by atoms with Crippen molar-refractivity contribution in [3.63, 3.8) is 0 Å². The molecule has 0 N–H and O–H groups in total. The molecule has 3 aromatic rings. The first-order chi connectivity index (χ1) is 11.7. The van der Waals surface area contributed by atoms with Gasteiger partial charge in [0.2, 0.25) is 0 Å². The minimum Gasteiger partial charge on any atom is -0.265 e. The van der Waals surface area contributed by atoms with E-state index in [1.807, 2.05) is 24.3 Å². The molecule has 24 heavy (non-hydrogen) atoms. The second-order valence-electron chi connectivity index (χ2n) is 4.92. The molecule has 118 valence electrons. The van der Waals surface area contributed by atoms with Crippen LogP contribution in [0.2, 0.25) is 10.0 Å². The Morgan fingerprint density at radius 3 is 2.54 bits per heavy atom. The normalized spacial score (nSPS) is 10.4. The van der Waals surface area contributed by atoms with Crippen LogP contribution in [0.3, 0.4) is 0 Å². The lowest BCUT2D eigenvalue weighted by Crippen LogP contribution is -1.92. The van der Waals surface area contributed by atoms with Crippen LogP contribution in [-0.2, 0) is 5.75 Å². The summed E-state index contributed by atoms with van der Waals surface area (Å²) in [5, 5.41) is 11.2. The van der Waals surface area contributed by atoms with Crippen LogP contribution >= 0.6 is 35.0 Å². The smallest absolute Gasteiger partial charge is 0.115 e. The van der Waals surface area contributed by atoms with Gasteiger partial charge in [0.1, 0.15) is 11.1 Å². The molecule has 1 aromatic carbocycles. The van der Waals surface area contributed by atoms with Crippen LogP contribution in [0.1, 0.15) is 11.1 Å². The van der Waals surface area contributed by atoms with Gasteiger partial charge in [-0.1, -0.05) is 29.3 Å². The maximum atomic E-state index is 9.31. The van der Waals surface area contributed by atoms with Crippen molar-refractivity contribution in [2.24, 2.45) is 0 Å². The fourth-order valence-corrected chi connectivity index (χ4v) is 3.63. The Labute approximate surface area is 154 Å². The topological polar surface area (TPSA) is 49.6 Å². The minimum absolute atomic E-state index is 0.544. The van der Waals surface area contributed by atoms with Crippen LogP contribution in [-0.4, -0.2) is 9.97 Å². The van der Waals surface area contributed by atoms with E-state index in [1.165, 1.54) is 11.8 Å². The number of aromatic nitrogens is 2. The highest BCUT2D eigenvalue weighted by Crippen LogP contribution is 2.30. The summed E-state index contributed by atoms with van der Waals surface area (Å²) in [6, 6.07) is 15.0. The monoisotopic (exact) mass is 371 g/mol. The van der Waals surface area contributed by atoms with E-state index in [1.54, 1.807) is 30.6 Å². The predicted octanol–water partition coefficient (Wildman–Crippen LogP) is 5.61. The predicted molar refractivity (Wildman–Crippen MR) is 98.2 cm³/mol. The average Bonchev–Trinajstić information content (AvgIpc) is 2.61. The van der Waals surface area contributed by atoms with Crippen LogP contribution in [0, 0.1) is 11.3 Å². The summed E-state index contributed by atoms with van der Waals surface area (Å²) >= 11 is 13.6. The van der Waals surface area contributed by atoms with Gasteiger partial charge in [0.15, 0.2) is 0 Å². The standard InChI is InChI=1S/C18H11Cl2N3S/c19-15-3-1-14(16(20)9-15)11-24-18-13(10-21)2-4-17(23-18)12-5-7-22-8-6-12/h1-9H,11H2. The highest BCUT2D eigenvalue weighted by Gasteiger charge is 2.10. The van der Waals surface area contributed by atoms with E-state index in [0.717, 1.165) is 16.8 Å². The summed E-state index contributed by atoms with van der Waals surface area (Å²) in [6.45, 7) is 0. The van der Waals surface area contributed by atoms with E-state index >= 15 is 0 Å². The summed E-state index contributed by atoms with van der Waals surface area (Å²) in [6.07, 6.45) is 3.44. The third kappa shape index (κ3) is 3.88. The fourth-order valence-electron chi connectivity index (χ4n) is 2.10. The highest BCUT2D eigenvalue weighted by molar-refractivity contribution is 7.98. The van der Waals surface area contributed by atoms with Crippen molar-refractivity contribution in [3.05, 3.63) is 76.0 Å². The molecule has 0 radical (unpaired) electrons. The lowest BCUT2D eigenvalue weighted by molar-refractivity contribution is 1.11. The first-order valence-electron chi connectivity index (χ1n) is 7.05. The number of hydrogen-bond donors (Lipinski definition) is 0. The number of nitrogens with zero attached hydrogens (tertiary/aromatic N) is 3. The van der Waals surface area contributed by atoms with Crippen LogP contribution in [0.25, 0.3) is 11.3 Å². The van der Waals surface area contributed by atoms with Crippen molar-refractivity contribution in [1.29, 1.82) is 5.26 Å². The third-order valence-corrected chi connectivity index (χ3v) is 4.96. The molecule has 2 aromatic heterocycles. The number of benzene rings is 1. The molecule has 0 bridgehead atoms. The van der Waals surface area contributed by atoms with Gasteiger partial charge in [-0.2, -0.15) is 5.26 Å². The van der Waals surface area contributed by atoms with Gasteiger partial charge < -0.3 is 0 Å². The van der Waals surface area contributed by atoms with E-state index in [-0.39, 0.29) is 0 Å². The summed E-state index contributed by atoms with van der Waals surface area (Å²) in [5.74, 6) is 0.609. The Bertz CT molecular complexity index is 908. The zero-order chi connectivity index (χ0) is 16.9. The van der Waals surface area contributed by atoms with E-state index in [2.05, 4.69) is 16.0 Å². The Hall–Kier alpha value is -2.06. The summed E-state index contributed by atoms with van der Waals surface area (Å²) in [4.78, 5) is 8.63. The van der Waals surface area contributed by atoms with Gasteiger partial charge in [0, 0.05) is 33.8 Å². The molecule has 3 nitrogen and oxygen atoms in total. The molecule has 0 atom stereocenters. The Kier molecular flexibility index (Phi) is 5.37. The lowest BCUT2D eigenvalue weighted by atomic mass is 10.1. The Balaban J connectivity index is 1.88. The largest absolute Gasteiger partial charge is 0.265 e. The molecule has 0 aliphatic heterocycles. The Morgan fingerprint density at radius 1 is 1.04 bits per heavy atom. The SMILES string of the molecule is N#Cc1ccc(-c2ccncc2)nc1SCc1ccc(Cl)cc1Cl. The van der Waals surface area contributed by atoms with Crippen LogP contribution in [0.4, 0.5) is 0 Å². The molecule has 0 saturated heterocycles. The zero-order valence-electron chi connectivity index (χ0n) is 12.4. The van der Waals surface area contributed by atoms with Crippen LogP contribution in [0.5, 0.6) is 0 Å². The van der Waals surface area contributed by atoms with E-state index in [0.29, 0.717) is 26.4 Å². The molecule has 0 amide bonds. The van der Waals surface area contributed by atoms with Crippen molar-refractivity contribution < 1.29 is 0 Å². The number of rotatable bonds is 4. The van der Waals surface area contributed by atoms with Gasteiger partial charge in [0.25, 0.3) is 0 Å². The van der Waals surface area contributed by atoms with E-state index < -0.39 is 0 Å². The quantitative estimate of drug-likeness (QED) is 0.558. The zero-order valence-corrected chi connectivity index (χ0v) is 14.7. The van der Waals surface area contributed by atoms with Crippen molar-refractivity contribution in [3.8, 4) is 17.3 Å². The van der Waals surface area contributed by atoms with Crippen molar-refractivity contribution in [2.45, 2.75) is 10.8 Å². The maximum absolute atomic E-state index is 9.31. The van der Waals surface area contributed by atoms with Crippen LogP contribution in [0.15, 0.2) is 59.9 Å². The number of pyridine rings is 2. The van der Waals surface area contributed by atoms with Gasteiger partial charge in [0.05, 0.1) is 11.3 Å². The molecule has 0 fully saturated rings. The number of thioether (sulfide) groups is 1. The molecular formula is C18H11Cl2N3S. The second-order valence-corrected chi connectivity index (χ2v) is 6.73. The summed E-state index contributed by atoms with van der Waals surface area (Å²) in [7, 11) is 0. The van der Waals surface area contributed by atoms with Crippen molar-refractivity contribution >= 4 is 35.0 Å². The van der Waals surface area contributed by atoms with Crippen LogP contribution < -0.4 is 0 Å². The number of hydrogen-bond acceptors (Lipinski definition) is 4.